The van der Waals surface area contributed by atoms with Crippen molar-refractivity contribution in [3.8, 4) is 6.07 Å². The largest absolute Gasteiger partial charge is 0.197 e. The average Bonchev–Trinajstić information content (AvgIpc) is 3.29. The molecule has 0 amide bonds. The summed E-state index contributed by atoms with van der Waals surface area (Å²) < 4.78 is 0. The van der Waals surface area contributed by atoms with Crippen LogP contribution in [0.15, 0.2) is 66.2 Å². The van der Waals surface area contributed by atoms with Crippen LogP contribution in [0.5, 0.6) is 0 Å². The molecule has 0 fully saturated rings. The summed E-state index contributed by atoms with van der Waals surface area (Å²) in [5, 5.41) is 9.63. The molecule has 0 heterocycles. The second-order valence-electron chi connectivity index (χ2n) is 5.10. The third-order valence-electron chi connectivity index (χ3n) is 3.89. The lowest BCUT2D eigenvalue weighted by Gasteiger charge is -2.18. The van der Waals surface area contributed by atoms with E-state index in [1.165, 1.54) is 16.7 Å². The first-order valence-corrected chi connectivity index (χ1v) is 6.50. The topological polar surface area (TPSA) is 23.8 Å². The van der Waals surface area contributed by atoms with Gasteiger partial charge in [0.1, 0.15) is 5.41 Å². The summed E-state index contributed by atoms with van der Waals surface area (Å²) in [6.07, 6.45) is 0.947. The molecule has 19 heavy (non-hydrogen) atoms. The third-order valence-corrected chi connectivity index (χ3v) is 3.89. The van der Waals surface area contributed by atoms with E-state index in [1.807, 2.05) is 55.5 Å². The summed E-state index contributed by atoms with van der Waals surface area (Å²) in [4.78, 5) is 0. The van der Waals surface area contributed by atoms with Gasteiger partial charge in [-0.05, 0) is 35.6 Å². The maximum absolute atomic E-state index is 9.63. The predicted molar refractivity (Wildman–Crippen MR) is 77.4 cm³/mol. The van der Waals surface area contributed by atoms with Crippen molar-refractivity contribution in [3.63, 3.8) is 0 Å². The van der Waals surface area contributed by atoms with Crippen molar-refractivity contribution in [2.24, 2.45) is 0 Å². The summed E-state index contributed by atoms with van der Waals surface area (Å²) in [6.45, 7) is 2.02. The Balaban J connectivity index is 2.03. The third kappa shape index (κ3) is 1.96. The van der Waals surface area contributed by atoms with Gasteiger partial charge in [0, 0.05) is 0 Å². The molecule has 0 saturated heterocycles. The van der Waals surface area contributed by atoms with Crippen LogP contribution in [0.25, 0.3) is 5.57 Å². The van der Waals surface area contributed by atoms with Gasteiger partial charge in [-0.2, -0.15) is 5.26 Å². The number of benzene rings is 2. The van der Waals surface area contributed by atoms with Crippen LogP contribution in [0.1, 0.15) is 24.5 Å². The average molecular weight is 245 g/mol. The molecule has 0 aliphatic heterocycles. The van der Waals surface area contributed by atoms with Gasteiger partial charge >= 0.3 is 0 Å². The summed E-state index contributed by atoms with van der Waals surface area (Å²) >= 11 is 0. The predicted octanol–water partition coefficient (Wildman–Crippen LogP) is 4.33. The molecule has 0 saturated carbocycles. The van der Waals surface area contributed by atoms with Crippen molar-refractivity contribution in [1.29, 1.82) is 5.26 Å². The zero-order valence-electron chi connectivity index (χ0n) is 10.9. The first-order chi connectivity index (χ1) is 9.25. The molecule has 0 bridgehead atoms. The van der Waals surface area contributed by atoms with E-state index in [9.17, 15) is 5.26 Å². The fourth-order valence-electron chi connectivity index (χ4n) is 2.60. The van der Waals surface area contributed by atoms with Crippen molar-refractivity contribution in [2.75, 3.05) is 0 Å². The maximum Gasteiger partial charge on any atom is 0.101 e. The minimum atomic E-state index is -0.494. The van der Waals surface area contributed by atoms with Gasteiger partial charge in [-0.15, -0.1) is 0 Å². The van der Waals surface area contributed by atoms with Crippen LogP contribution in [-0.4, -0.2) is 0 Å². The molecule has 1 unspecified atom stereocenters. The number of nitrogens with zero attached hydrogens (tertiary/aromatic N) is 1. The van der Waals surface area contributed by atoms with Crippen LogP contribution in [0.4, 0.5) is 0 Å². The second-order valence-corrected chi connectivity index (χ2v) is 5.10. The van der Waals surface area contributed by atoms with Gasteiger partial charge in [0.15, 0.2) is 0 Å². The van der Waals surface area contributed by atoms with E-state index in [4.69, 9.17) is 0 Å². The molecular weight excluding hydrogens is 230 g/mol. The normalized spacial score (nSPS) is 16.6. The highest BCUT2D eigenvalue weighted by Gasteiger charge is 2.40. The van der Waals surface area contributed by atoms with Crippen LogP contribution < -0.4 is 0 Å². The number of rotatable bonds is 3. The van der Waals surface area contributed by atoms with E-state index < -0.39 is 5.41 Å². The molecule has 92 valence electrons. The summed E-state index contributed by atoms with van der Waals surface area (Å²) in [5.74, 6) is 0. The molecule has 2 aromatic carbocycles. The van der Waals surface area contributed by atoms with E-state index in [1.54, 1.807) is 0 Å². The highest BCUT2D eigenvalue weighted by atomic mass is 14.5. The molecule has 0 radical (unpaired) electrons. The highest BCUT2D eigenvalue weighted by Crippen LogP contribution is 2.51. The maximum atomic E-state index is 9.63. The Kier molecular flexibility index (Phi) is 2.72. The highest BCUT2D eigenvalue weighted by molar-refractivity contribution is 5.86. The van der Waals surface area contributed by atoms with Gasteiger partial charge in [0.25, 0.3) is 0 Å². The zero-order chi connectivity index (χ0) is 13.3. The number of allylic oxidation sites excluding steroid dienone is 2. The summed E-state index contributed by atoms with van der Waals surface area (Å²) in [6, 6.07) is 22.9. The standard InChI is InChI=1S/C18H15N/c1-18(13-19,15-10-6-3-7-11-15)17-12-16(17)14-8-4-2-5-9-14/h2-11H,12H2,1H3. The fraction of sp³-hybridized carbons (Fsp3) is 0.167. The Morgan fingerprint density at radius 3 is 2.11 bits per heavy atom. The molecule has 3 rings (SSSR count). The van der Waals surface area contributed by atoms with Crippen LogP contribution in [0.2, 0.25) is 0 Å². The summed E-state index contributed by atoms with van der Waals surface area (Å²) in [5.41, 5.74) is 4.42. The van der Waals surface area contributed by atoms with Gasteiger partial charge in [0.05, 0.1) is 6.07 Å². The Hall–Kier alpha value is -2.33. The smallest absolute Gasteiger partial charge is 0.101 e. The van der Waals surface area contributed by atoms with Crippen LogP contribution in [-0.2, 0) is 5.41 Å². The SMILES string of the molecule is CC(C#N)(C1=C(c2ccccc2)C1)c1ccccc1. The van der Waals surface area contributed by atoms with E-state index in [0.717, 1.165) is 12.0 Å². The zero-order valence-corrected chi connectivity index (χ0v) is 10.9. The lowest BCUT2D eigenvalue weighted by Crippen LogP contribution is -2.17. The summed E-state index contributed by atoms with van der Waals surface area (Å²) in [7, 11) is 0. The van der Waals surface area contributed by atoms with Crippen LogP contribution >= 0.6 is 0 Å². The van der Waals surface area contributed by atoms with E-state index in [2.05, 4.69) is 18.2 Å². The number of hydrogen-bond donors (Lipinski definition) is 0. The first-order valence-electron chi connectivity index (χ1n) is 6.50. The monoisotopic (exact) mass is 245 g/mol. The lowest BCUT2D eigenvalue weighted by atomic mass is 9.81. The van der Waals surface area contributed by atoms with Gasteiger partial charge in [-0.25, -0.2) is 0 Å². The molecule has 0 spiro atoms. The molecule has 2 aromatic rings. The Labute approximate surface area is 113 Å². The second kappa shape index (κ2) is 4.40. The minimum Gasteiger partial charge on any atom is -0.197 e. The van der Waals surface area contributed by atoms with Gasteiger partial charge in [-0.3, -0.25) is 0 Å². The molecule has 1 aliphatic rings. The molecule has 0 aromatic heterocycles. The number of nitriles is 1. The van der Waals surface area contributed by atoms with E-state index >= 15 is 0 Å². The van der Waals surface area contributed by atoms with Crippen molar-refractivity contribution in [2.45, 2.75) is 18.8 Å². The Bertz CT molecular complexity index is 662. The molecule has 0 N–H and O–H groups in total. The quantitative estimate of drug-likeness (QED) is 0.789. The number of hydrogen-bond acceptors (Lipinski definition) is 1. The fourth-order valence-corrected chi connectivity index (χ4v) is 2.60. The molecule has 1 aliphatic carbocycles. The van der Waals surface area contributed by atoms with E-state index in [-0.39, 0.29) is 0 Å². The van der Waals surface area contributed by atoms with E-state index in [0.29, 0.717) is 0 Å². The first kappa shape index (κ1) is 11.7. The van der Waals surface area contributed by atoms with Crippen molar-refractivity contribution in [1.82, 2.24) is 0 Å². The minimum absolute atomic E-state index is 0.494. The van der Waals surface area contributed by atoms with Crippen molar-refractivity contribution < 1.29 is 0 Å². The van der Waals surface area contributed by atoms with Crippen LogP contribution in [0.3, 0.4) is 0 Å². The Morgan fingerprint density at radius 2 is 1.53 bits per heavy atom. The van der Waals surface area contributed by atoms with Crippen LogP contribution in [0, 0.1) is 11.3 Å². The van der Waals surface area contributed by atoms with Crippen molar-refractivity contribution in [3.05, 3.63) is 77.4 Å². The van der Waals surface area contributed by atoms with Gasteiger partial charge in [-0.1, -0.05) is 60.7 Å². The van der Waals surface area contributed by atoms with Crippen molar-refractivity contribution >= 4 is 5.57 Å². The molecule has 1 heteroatoms. The molecular formula is C18H15N. The molecule has 1 nitrogen and oxygen atoms in total. The van der Waals surface area contributed by atoms with Gasteiger partial charge < -0.3 is 0 Å². The lowest BCUT2D eigenvalue weighted by molar-refractivity contribution is 0.742. The Morgan fingerprint density at radius 1 is 0.947 bits per heavy atom. The molecule has 1 atom stereocenters. The van der Waals surface area contributed by atoms with Gasteiger partial charge in [0.2, 0.25) is 0 Å².